The van der Waals surface area contributed by atoms with Crippen LogP contribution in [0.4, 0.5) is 0 Å². The molecule has 5 nitrogen and oxygen atoms in total. The number of methoxy groups -OCH3 is 1. The normalized spacial score (nSPS) is 11.3. The van der Waals surface area contributed by atoms with Gasteiger partial charge in [-0.2, -0.15) is 0 Å². The molecule has 34 heavy (non-hydrogen) atoms. The van der Waals surface area contributed by atoms with Gasteiger partial charge < -0.3 is 18.8 Å². The number of benzene rings is 3. The Bertz CT molecular complexity index is 1290. The van der Waals surface area contributed by atoms with Gasteiger partial charge >= 0.3 is 0 Å². The summed E-state index contributed by atoms with van der Waals surface area (Å²) in [5, 5.41) is 0. The first kappa shape index (κ1) is 23.4. The summed E-state index contributed by atoms with van der Waals surface area (Å²) in [5.74, 6) is 3.24. The highest BCUT2D eigenvalue weighted by atomic mass is 16.5. The third-order valence-corrected chi connectivity index (χ3v) is 5.98. The number of aromatic nitrogens is 2. The van der Waals surface area contributed by atoms with E-state index in [1.165, 1.54) is 11.1 Å². The molecule has 176 valence electrons. The molecule has 0 aliphatic carbocycles. The second kappa shape index (κ2) is 10.9. The van der Waals surface area contributed by atoms with Gasteiger partial charge in [-0.1, -0.05) is 42.5 Å². The van der Waals surface area contributed by atoms with E-state index in [0.717, 1.165) is 41.1 Å². The molecule has 0 unspecified atom stereocenters. The molecular formula is C29H32N2O3. The van der Waals surface area contributed by atoms with E-state index in [-0.39, 0.29) is 0 Å². The summed E-state index contributed by atoms with van der Waals surface area (Å²) in [6.07, 6.45) is 4.90. The smallest absolute Gasteiger partial charge is 0.161 e. The Hall–Kier alpha value is -3.73. The van der Waals surface area contributed by atoms with Crippen LogP contribution in [0.2, 0.25) is 0 Å². The highest BCUT2D eigenvalue weighted by molar-refractivity contribution is 5.75. The lowest BCUT2D eigenvalue weighted by molar-refractivity contribution is 0.267. The van der Waals surface area contributed by atoms with E-state index < -0.39 is 0 Å². The molecule has 0 amide bonds. The maximum absolute atomic E-state index is 6.16. The Balaban J connectivity index is 1.47. The van der Waals surface area contributed by atoms with Gasteiger partial charge in [0.15, 0.2) is 11.5 Å². The largest absolute Gasteiger partial charge is 0.493 e. The van der Waals surface area contributed by atoms with Crippen LogP contribution in [0.25, 0.3) is 17.1 Å². The second-order valence-corrected chi connectivity index (χ2v) is 8.27. The summed E-state index contributed by atoms with van der Waals surface area (Å²) < 4.78 is 20.0. The molecule has 0 fully saturated rings. The van der Waals surface area contributed by atoms with E-state index in [2.05, 4.69) is 30.5 Å². The van der Waals surface area contributed by atoms with Crippen molar-refractivity contribution in [2.24, 2.45) is 0 Å². The molecule has 1 heterocycles. The third kappa shape index (κ3) is 5.25. The SMILES string of the molecule is C/C=C/c1ccc(OCc2nc3ccccc3n2CCCOc2cccc(C)c2C)c(OC)c1. The third-order valence-electron chi connectivity index (χ3n) is 5.98. The van der Waals surface area contributed by atoms with Gasteiger partial charge in [0.25, 0.3) is 0 Å². The van der Waals surface area contributed by atoms with Crippen molar-refractivity contribution in [3.8, 4) is 17.2 Å². The average molecular weight is 457 g/mol. The summed E-state index contributed by atoms with van der Waals surface area (Å²) in [6, 6.07) is 20.3. The van der Waals surface area contributed by atoms with E-state index >= 15 is 0 Å². The Kier molecular flexibility index (Phi) is 7.53. The summed E-state index contributed by atoms with van der Waals surface area (Å²) in [7, 11) is 1.66. The van der Waals surface area contributed by atoms with Gasteiger partial charge in [-0.15, -0.1) is 0 Å². The molecule has 0 saturated heterocycles. The summed E-state index contributed by atoms with van der Waals surface area (Å²) in [4.78, 5) is 4.84. The molecule has 4 aromatic rings. The molecule has 3 aromatic carbocycles. The molecule has 0 saturated carbocycles. The van der Waals surface area contributed by atoms with Crippen LogP contribution in [-0.4, -0.2) is 23.3 Å². The number of hydrogen-bond donors (Lipinski definition) is 0. The van der Waals surface area contributed by atoms with Crippen molar-refractivity contribution in [2.45, 2.75) is 40.3 Å². The van der Waals surface area contributed by atoms with E-state index in [1.54, 1.807) is 7.11 Å². The zero-order chi connectivity index (χ0) is 23.9. The van der Waals surface area contributed by atoms with Gasteiger partial charge in [-0.05, 0) is 74.2 Å². The van der Waals surface area contributed by atoms with E-state index in [4.69, 9.17) is 19.2 Å². The van der Waals surface area contributed by atoms with Crippen molar-refractivity contribution >= 4 is 17.1 Å². The van der Waals surface area contributed by atoms with Gasteiger partial charge in [0.05, 0.1) is 24.8 Å². The van der Waals surface area contributed by atoms with Crippen LogP contribution in [0.15, 0.2) is 66.7 Å². The molecule has 0 aliphatic heterocycles. The second-order valence-electron chi connectivity index (χ2n) is 8.27. The first-order valence-electron chi connectivity index (χ1n) is 11.7. The number of nitrogens with zero attached hydrogens (tertiary/aromatic N) is 2. The number of ether oxygens (including phenoxy) is 3. The molecule has 0 N–H and O–H groups in total. The predicted octanol–water partition coefficient (Wildman–Crippen LogP) is 6.74. The monoisotopic (exact) mass is 456 g/mol. The Morgan fingerprint density at radius 3 is 2.59 bits per heavy atom. The van der Waals surface area contributed by atoms with Crippen LogP contribution in [0.1, 0.15) is 35.9 Å². The van der Waals surface area contributed by atoms with Crippen LogP contribution >= 0.6 is 0 Å². The van der Waals surface area contributed by atoms with Gasteiger partial charge in [0.1, 0.15) is 18.2 Å². The summed E-state index contributed by atoms with van der Waals surface area (Å²) in [6.45, 7) is 7.98. The predicted molar refractivity (Wildman–Crippen MR) is 138 cm³/mol. The van der Waals surface area contributed by atoms with Gasteiger partial charge in [-0.3, -0.25) is 0 Å². The molecule has 5 heteroatoms. The van der Waals surface area contributed by atoms with Crippen molar-refractivity contribution in [2.75, 3.05) is 13.7 Å². The molecule has 0 bridgehead atoms. The fraction of sp³-hybridized carbons (Fsp3) is 0.276. The van der Waals surface area contributed by atoms with Crippen LogP contribution in [0, 0.1) is 13.8 Å². The lowest BCUT2D eigenvalue weighted by atomic mass is 10.1. The standard InChI is InChI=1S/C29H32N2O3/c1-5-10-23-15-16-27(28(19-23)32-4)34-20-29-30-24-12-6-7-13-25(24)31(29)17-9-18-33-26-14-8-11-21(2)22(26)3/h5-8,10-16,19H,9,17-18,20H2,1-4H3/b10-5+. The quantitative estimate of drug-likeness (QED) is 0.248. The molecule has 1 aromatic heterocycles. The minimum absolute atomic E-state index is 0.353. The fourth-order valence-corrected chi connectivity index (χ4v) is 4.01. The minimum Gasteiger partial charge on any atom is -0.493 e. The van der Waals surface area contributed by atoms with Crippen molar-refractivity contribution < 1.29 is 14.2 Å². The maximum Gasteiger partial charge on any atom is 0.161 e. The molecule has 0 radical (unpaired) electrons. The molecule has 0 spiro atoms. The summed E-state index contributed by atoms with van der Waals surface area (Å²) >= 11 is 0. The van der Waals surface area contributed by atoms with Gasteiger partial charge in [-0.25, -0.2) is 4.98 Å². The highest BCUT2D eigenvalue weighted by Gasteiger charge is 2.13. The zero-order valence-corrected chi connectivity index (χ0v) is 20.4. The number of aryl methyl sites for hydroxylation is 2. The fourth-order valence-electron chi connectivity index (χ4n) is 4.01. The van der Waals surface area contributed by atoms with Crippen molar-refractivity contribution in [3.63, 3.8) is 0 Å². The van der Waals surface area contributed by atoms with Crippen molar-refractivity contribution in [3.05, 3.63) is 89.3 Å². The van der Waals surface area contributed by atoms with E-state index in [0.29, 0.717) is 24.7 Å². The van der Waals surface area contributed by atoms with Crippen LogP contribution in [0.3, 0.4) is 0 Å². The van der Waals surface area contributed by atoms with Crippen molar-refractivity contribution in [1.82, 2.24) is 9.55 Å². The minimum atomic E-state index is 0.353. The van der Waals surface area contributed by atoms with Crippen molar-refractivity contribution in [1.29, 1.82) is 0 Å². The number of imidazole rings is 1. The van der Waals surface area contributed by atoms with Crippen LogP contribution in [0.5, 0.6) is 17.2 Å². The molecular weight excluding hydrogens is 424 g/mol. The molecule has 0 aliphatic rings. The zero-order valence-electron chi connectivity index (χ0n) is 20.4. The molecule has 0 atom stereocenters. The Morgan fingerprint density at radius 2 is 1.76 bits per heavy atom. The lowest BCUT2D eigenvalue weighted by Gasteiger charge is -2.14. The van der Waals surface area contributed by atoms with Gasteiger partial charge in [0.2, 0.25) is 0 Å². The lowest BCUT2D eigenvalue weighted by Crippen LogP contribution is -2.10. The van der Waals surface area contributed by atoms with E-state index in [1.807, 2.05) is 67.6 Å². The average Bonchev–Trinajstić information content (AvgIpc) is 3.21. The Labute approximate surface area is 201 Å². The van der Waals surface area contributed by atoms with Crippen LogP contribution < -0.4 is 14.2 Å². The number of allylic oxidation sites excluding steroid dienone is 1. The number of fused-ring (bicyclic) bond motifs is 1. The first-order valence-corrected chi connectivity index (χ1v) is 11.7. The van der Waals surface area contributed by atoms with Gasteiger partial charge in [0, 0.05) is 6.54 Å². The Morgan fingerprint density at radius 1 is 0.912 bits per heavy atom. The number of hydrogen-bond acceptors (Lipinski definition) is 4. The highest BCUT2D eigenvalue weighted by Crippen LogP contribution is 2.30. The van der Waals surface area contributed by atoms with Crippen LogP contribution in [-0.2, 0) is 13.2 Å². The molecule has 4 rings (SSSR count). The maximum atomic E-state index is 6.16. The first-order chi connectivity index (χ1) is 16.6. The summed E-state index contributed by atoms with van der Waals surface area (Å²) in [5.41, 5.74) is 5.57. The number of rotatable bonds is 10. The number of para-hydroxylation sites is 2. The topological polar surface area (TPSA) is 45.5 Å². The van der Waals surface area contributed by atoms with E-state index in [9.17, 15) is 0 Å².